The molecule has 1 aliphatic carbocycles. The Morgan fingerprint density at radius 3 is 2.74 bits per heavy atom. The van der Waals surface area contributed by atoms with Crippen molar-refractivity contribution in [2.75, 3.05) is 5.75 Å². The molecule has 1 aromatic carbocycles. The zero-order valence-electron chi connectivity index (χ0n) is 16.9. The Labute approximate surface area is 190 Å². The molecule has 9 heteroatoms. The number of aromatic nitrogens is 4. The van der Waals surface area contributed by atoms with Crippen LogP contribution in [0.25, 0.3) is 11.4 Å². The fraction of sp³-hybridized carbons (Fsp3) is 0.318. The van der Waals surface area contributed by atoms with Crippen LogP contribution < -0.4 is 5.43 Å². The van der Waals surface area contributed by atoms with Crippen molar-refractivity contribution in [3.8, 4) is 11.4 Å². The molecule has 160 valence electrons. The summed E-state index contributed by atoms with van der Waals surface area (Å²) in [4.78, 5) is 16.3. The zero-order valence-corrected chi connectivity index (χ0v) is 18.5. The topological polar surface area (TPSA) is 85.1 Å². The highest BCUT2D eigenvalue weighted by molar-refractivity contribution is 7.99. The standard InChI is InChI=1S/C22H23ClN6OS/c23-18-10-8-17(9-11-18)21-27-28-22(29(21)19-6-2-1-3-7-19)31-15-20(30)26-25-14-16-5-4-12-24-13-16/h4-5,8-14,19H,1-3,6-7,15H2,(H,26,30)/b25-14+. The van der Waals surface area contributed by atoms with E-state index in [0.29, 0.717) is 11.1 Å². The molecule has 1 aliphatic rings. The van der Waals surface area contributed by atoms with Crippen LogP contribution in [-0.2, 0) is 4.79 Å². The Hall–Kier alpha value is -2.71. The normalized spacial score (nSPS) is 14.7. The van der Waals surface area contributed by atoms with Crippen LogP contribution in [0.3, 0.4) is 0 Å². The molecule has 0 saturated heterocycles. The molecule has 0 unspecified atom stereocenters. The van der Waals surface area contributed by atoms with E-state index in [4.69, 9.17) is 11.6 Å². The highest BCUT2D eigenvalue weighted by Gasteiger charge is 2.24. The van der Waals surface area contributed by atoms with E-state index in [1.165, 1.54) is 31.0 Å². The van der Waals surface area contributed by atoms with Gasteiger partial charge in [0.05, 0.1) is 12.0 Å². The predicted octanol–water partition coefficient (Wildman–Crippen LogP) is 4.74. The third-order valence-corrected chi connectivity index (χ3v) is 6.32. The lowest BCUT2D eigenvalue weighted by Gasteiger charge is -2.25. The molecule has 31 heavy (non-hydrogen) atoms. The molecule has 2 heterocycles. The van der Waals surface area contributed by atoms with Crippen LogP contribution in [0.2, 0.25) is 5.02 Å². The molecular formula is C22H23ClN6OS. The van der Waals surface area contributed by atoms with Gasteiger partial charge >= 0.3 is 0 Å². The number of nitrogens with one attached hydrogen (secondary N) is 1. The van der Waals surface area contributed by atoms with Crippen LogP contribution in [0.1, 0.15) is 43.7 Å². The van der Waals surface area contributed by atoms with Crippen molar-refractivity contribution >= 4 is 35.5 Å². The summed E-state index contributed by atoms with van der Waals surface area (Å²) < 4.78 is 2.19. The van der Waals surface area contributed by atoms with Crippen molar-refractivity contribution in [2.45, 2.75) is 43.3 Å². The lowest BCUT2D eigenvalue weighted by Crippen LogP contribution is -2.20. The van der Waals surface area contributed by atoms with Crippen LogP contribution >= 0.6 is 23.4 Å². The van der Waals surface area contributed by atoms with Gasteiger partial charge in [-0.15, -0.1) is 10.2 Å². The number of rotatable bonds is 7. The smallest absolute Gasteiger partial charge is 0.250 e. The summed E-state index contributed by atoms with van der Waals surface area (Å²) in [5, 5.41) is 14.3. The van der Waals surface area contributed by atoms with Crippen molar-refractivity contribution in [3.63, 3.8) is 0 Å². The first-order valence-corrected chi connectivity index (χ1v) is 11.6. The Balaban J connectivity index is 1.46. The van der Waals surface area contributed by atoms with Gasteiger partial charge in [0.1, 0.15) is 0 Å². The molecule has 0 spiro atoms. The fourth-order valence-electron chi connectivity index (χ4n) is 3.63. The minimum absolute atomic E-state index is 0.198. The van der Waals surface area contributed by atoms with Gasteiger partial charge in [-0.2, -0.15) is 5.10 Å². The molecule has 3 aromatic rings. The van der Waals surface area contributed by atoms with Crippen molar-refractivity contribution in [2.24, 2.45) is 5.10 Å². The molecular weight excluding hydrogens is 432 g/mol. The molecule has 1 saturated carbocycles. The van der Waals surface area contributed by atoms with Gasteiger partial charge in [0.15, 0.2) is 11.0 Å². The fourth-order valence-corrected chi connectivity index (χ4v) is 4.56. The van der Waals surface area contributed by atoms with Gasteiger partial charge in [0, 0.05) is 34.6 Å². The summed E-state index contributed by atoms with van der Waals surface area (Å²) in [6.07, 6.45) is 10.8. The first-order chi connectivity index (χ1) is 15.2. The number of halogens is 1. The van der Waals surface area contributed by atoms with Crippen LogP contribution in [0.4, 0.5) is 0 Å². The zero-order chi connectivity index (χ0) is 21.5. The van der Waals surface area contributed by atoms with Crippen molar-refractivity contribution in [1.82, 2.24) is 25.2 Å². The third-order valence-electron chi connectivity index (χ3n) is 5.13. The molecule has 4 rings (SSSR count). The van der Waals surface area contributed by atoms with Crippen LogP contribution in [-0.4, -0.2) is 37.6 Å². The maximum absolute atomic E-state index is 12.3. The average molecular weight is 455 g/mol. The van der Waals surface area contributed by atoms with E-state index in [0.717, 1.165) is 34.9 Å². The summed E-state index contributed by atoms with van der Waals surface area (Å²) in [6.45, 7) is 0. The summed E-state index contributed by atoms with van der Waals surface area (Å²) in [6, 6.07) is 11.6. The highest BCUT2D eigenvalue weighted by Crippen LogP contribution is 2.35. The Morgan fingerprint density at radius 1 is 1.19 bits per heavy atom. The summed E-state index contributed by atoms with van der Waals surface area (Å²) in [5.41, 5.74) is 4.35. The van der Waals surface area contributed by atoms with Gasteiger partial charge < -0.3 is 0 Å². The molecule has 2 aromatic heterocycles. The third kappa shape index (κ3) is 5.71. The van der Waals surface area contributed by atoms with Gasteiger partial charge in [-0.3, -0.25) is 14.3 Å². The SMILES string of the molecule is O=C(CSc1nnc(-c2ccc(Cl)cc2)n1C1CCCCC1)N/N=C/c1cccnc1. The summed E-state index contributed by atoms with van der Waals surface area (Å²) in [5.74, 6) is 0.827. The average Bonchev–Trinajstić information content (AvgIpc) is 3.23. The van der Waals surface area contributed by atoms with Gasteiger partial charge in [-0.05, 0) is 43.2 Å². The van der Waals surface area contributed by atoms with E-state index >= 15 is 0 Å². The molecule has 0 bridgehead atoms. The van der Waals surface area contributed by atoms with Crippen LogP contribution in [0.5, 0.6) is 0 Å². The van der Waals surface area contributed by atoms with E-state index in [1.54, 1.807) is 18.6 Å². The van der Waals surface area contributed by atoms with Crippen LogP contribution in [0.15, 0.2) is 59.0 Å². The predicted molar refractivity (Wildman–Crippen MR) is 123 cm³/mol. The first kappa shape index (κ1) is 21.5. The largest absolute Gasteiger partial charge is 0.299 e. The second-order valence-electron chi connectivity index (χ2n) is 7.34. The van der Waals surface area contributed by atoms with Crippen molar-refractivity contribution in [3.05, 3.63) is 59.4 Å². The van der Waals surface area contributed by atoms with E-state index in [1.807, 2.05) is 36.4 Å². The molecule has 1 amide bonds. The molecule has 7 nitrogen and oxygen atoms in total. The number of carbonyl (C=O) groups excluding carboxylic acids is 1. The lowest BCUT2D eigenvalue weighted by molar-refractivity contribution is -0.118. The van der Waals surface area contributed by atoms with Gasteiger partial charge in [-0.1, -0.05) is 48.7 Å². The monoisotopic (exact) mass is 454 g/mol. The quantitative estimate of drug-likeness (QED) is 0.316. The minimum Gasteiger partial charge on any atom is -0.299 e. The molecule has 0 radical (unpaired) electrons. The number of carbonyl (C=O) groups is 1. The summed E-state index contributed by atoms with van der Waals surface area (Å²) in [7, 11) is 0. The van der Waals surface area contributed by atoms with E-state index in [9.17, 15) is 4.79 Å². The number of hydrogen-bond donors (Lipinski definition) is 1. The summed E-state index contributed by atoms with van der Waals surface area (Å²) >= 11 is 7.43. The van der Waals surface area contributed by atoms with E-state index in [2.05, 4.69) is 30.3 Å². The molecule has 1 N–H and O–H groups in total. The van der Waals surface area contributed by atoms with Gasteiger partial charge in [0.2, 0.25) is 0 Å². The number of hydrogen-bond acceptors (Lipinski definition) is 6. The van der Waals surface area contributed by atoms with E-state index < -0.39 is 0 Å². The first-order valence-electron chi connectivity index (χ1n) is 10.3. The Kier molecular flexibility index (Phi) is 7.32. The molecule has 0 atom stereocenters. The van der Waals surface area contributed by atoms with E-state index in [-0.39, 0.29) is 11.7 Å². The van der Waals surface area contributed by atoms with Crippen molar-refractivity contribution < 1.29 is 4.79 Å². The minimum atomic E-state index is -0.198. The maximum atomic E-state index is 12.3. The van der Waals surface area contributed by atoms with Crippen molar-refractivity contribution in [1.29, 1.82) is 0 Å². The Morgan fingerprint density at radius 2 is 2.00 bits per heavy atom. The number of nitrogens with zero attached hydrogens (tertiary/aromatic N) is 5. The lowest BCUT2D eigenvalue weighted by atomic mass is 9.95. The number of amides is 1. The Bertz CT molecular complexity index is 1030. The number of hydrazone groups is 1. The van der Waals surface area contributed by atoms with Crippen LogP contribution in [0, 0.1) is 0 Å². The number of thioether (sulfide) groups is 1. The molecule has 1 fully saturated rings. The maximum Gasteiger partial charge on any atom is 0.250 e. The number of pyridine rings is 1. The van der Waals surface area contributed by atoms with Gasteiger partial charge in [-0.25, -0.2) is 5.43 Å². The number of benzene rings is 1. The van der Waals surface area contributed by atoms with Gasteiger partial charge in [0.25, 0.3) is 5.91 Å². The molecule has 0 aliphatic heterocycles. The second-order valence-corrected chi connectivity index (χ2v) is 8.72. The second kappa shape index (κ2) is 10.5. The highest BCUT2D eigenvalue weighted by atomic mass is 35.5.